The highest BCUT2D eigenvalue weighted by atomic mass is 32.2. The molecule has 96 valence electrons. The number of amides is 1. The van der Waals surface area contributed by atoms with Crippen molar-refractivity contribution in [1.29, 1.82) is 0 Å². The second kappa shape index (κ2) is 5.58. The SMILES string of the molecule is C=CC(=O)C1CSCCN1C(=O)OC(C)(C)C. The Bertz CT molecular complexity index is 322. The Hall–Kier alpha value is -0.970. The van der Waals surface area contributed by atoms with Gasteiger partial charge in [-0.25, -0.2) is 4.79 Å². The maximum atomic E-state index is 12.0. The summed E-state index contributed by atoms with van der Waals surface area (Å²) < 4.78 is 5.29. The van der Waals surface area contributed by atoms with E-state index >= 15 is 0 Å². The standard InChI is InChI=1S/C12H19NO3S/c1-5-10(14)9-8-17-7-6-13(9)11(15)16-12(2,3)4/h5,9H,1,6-8H2,2-4H3. The molecule has 1 aliphatic heterocycles. The second-order valence-electron chi connectivity index (χ2n) is 4.87. The van der Waals surface area contributed by atoms with Gasteiger partial charge < -0.3 is 4.74 Å². The molecule has 1 rings (SSSR count). The lowest BCUT2D eigenvalue weighted by Crippen LogP contribution is -2.51. The molecule has 5 heteroatoms. The van der Waals surface area contributed by atoms with Crippen molar-refractivity contribution in [2.45, 2.75) is 32.4 Å². The highest BCUT2D eigenvalue weighted by molar-refractivity contribution is 7.99. The predicted molar refractivity (Wildman–Crippen MR) is 69.3 cm³/mol. The number of nitrogens with zero attached hydrogens (tertiary/aromatic N) is 1. The van der Waals surface area contributed by atoms with Crippen molar-refractivity contribution in [2.24, 2.45) is 0 Å². The molecule has 1 saturated heterocycles. The monoisotopic (exact) mass is 257 g/mol. The van der Waals surface area contributed by atoms with Crippen LogP contribution in [0.4, 0.5) is 4.79 Å². The first-order chi connectivity index (χ1) is 7.85. The molecular weight excluding hydrogens is 238 g/mol. The van der Waals surface area contributed by atoms with E-state index in [-0.39, 0.29) is 5.78 Å². The van der Waals surface area contributed by atoms with Crippen molar-refractivity contribution in [1.82, 2.24) is 4.90 Å². The van der Waals surface area contributed by atoms with Gasteiger partial charge in [0.05, 0.1) is 0 Å². The normalized spacial score (nSPS) is 20.9. The van der Waals surface area contributed by atoms with Crippen LogP contribution in [0.1, 0.15) is 20.8 Å². The van der Waals surface area contributed by atoms with E-state index < -0.39 is 17.7 Å². The Morgan fingerprint density at radius 3 is 2.65 bits per heavy atom. The summed E-state index contributed by atoms with van der Waals surface area (Å²) in [5.74, 6) is 1.33. The molecule has 0 aromatic rings. The Labute approximate surface area is 106 Å². The van der Waals surface area contributed by atoms with Crippen molar-refractivity contribution >= 4 is 23.6 Å². The zero-order chi connectivity index (χ0) is 13.1. The summed E-state index contributed by atoms with van der Waals surface area (Å²) in [5.41, 5.74) is -0.538. The number of carbonyl (C=O) groups excluding carboxylic acids is 2. The lowest BCUT2D eigenvalue weighted by molar-refractivity contribution is -0.119. The smallest absolute Gasteiger partial charge is 0.410 e. The average Bonchev–Trinajstić information content (AvgIpc) is 2.25. The molecule has 1 aliphatic rings. The Morgan fingerprint density at radius 1 is 1.47 bits per heavy atom. The van der Waals surface area contributed by atoms with Crippen molar-refractivity contribution in [3.8, 4) is 0 Å². The Morgan fingerprint density at radius 2 is 2.12 bits per heavy atom. The highest BCUT2D eigenvalue weighted by Crippen LogP contribution is 2.20. The molecular formula is C12H19NO3S. The molecule has 0 N–H and O–H groups in total. The zero-order valence-corrected chi connectivity index (χ0v) is 11.4. The molecule has 0 aromatic heterocycles. The second-order valence-corrected chi connectivity index (χ2v) is 6.02. The molecule has 1 unspecified atom stereocenters. The molecule has 1 fully saturated rings. The van der Waals surface area contributed by atoms with Crippen molar-refractivity contribution < 1.29 is 14.3 Å². The maximum Gasteiger partial charge on any atom is 0.410 e. The Balaban J connectivity index is 2.74. The maximum absolute atomic E-state index is 12.0. The lowest BCUT2D eigenvalue weighted by Gasteiger charge is -2.35. The number of ether oxygens (including phenoxy) is 1. The summed E-state index contributed by atoms with van der Waals surface area (Å²) in [6.45, 7) is 9.45. The number of hydrogen-bond acceptors (Lipinski definition) is 4. The van der Waals surface area contributed by atoms with Gasteiger partial charge in [0.15, 0.2) is 5.78 Å². The van der Waals surface area contributed by atoms with Crippen LogP contribution in [0.25, 0.3) is 0 Å². The molecule has 1 heterocycles. The van der Waals surface area contributed by atoms with E-state index in [0.717, 1.165) is 5.75 Å². The molecule has 1 amide bonds. The highest BCUT2D eigenvalue weighted by Gasteiger charge is 2.33. The predicted octanol–water partition coefficient (Wildman–Crippen LogP) is 2.09. The molecule has 17 heavy (non-hydrogen) atoms. The number of hydrogen-bond donors (Lipinski definition) is 0. The van der Waals surface area contributed by atoms with Gasteiger partial charge in [0.25, 0.3) is 0 Å². The largest absolute Gasteiger partial charge is 0.444 e. The van der Waals surface area contributed by atoms with Gasteiger partial charge in [0.2, 0.25) is 0 Å². The number of rotatable bonds is 2. The van der Waals surface area contributed by atoms with Gasteiger partial charge in [-0.15, -0.1) is 0 Å². The molecule has 0 spiro atoms. The van der Waals surface area contributed by atoms with Crippen LogP contribution in [-0.2, 0) is 9.53 Å². The van der Waals surface area contributed by atoms with E-state index in [1.165, 1.54) is 11.0 Å². The first kappa shape index (κ1) is 14.1. The molecule has 1 atom stereocenters. The van der Waals surface area contributed by atoms with Crippen LogP contribution in [0.3, 0.4) is 0 Å². The van der Waals surface area contributed by atoms with E-state index in [0.29, 0.717) is 12.3 Å². The quantitative estimate of drug-likeness (QED) is 0.711. The van der Waals surface area contributed by atoms with Crippen LogP contribution in [0.15, 0.2) is 12.7 Å². The lowest BCUT2D eigenvalue weighted by atomic mass is 10.1. The number of carbonyl (C=O) groups is 2. The van der Waals surface area contributed by atoms with Gasteiger partial charge in [0.1, 0.15) is 11.6 Å². The zero-order valence-electron chi connectivity index (χ0n) is 10.6. The van der Waals surface area contributed by atoms with Gasteiger partial charge in [-0.3, -0.25) is 9.69 Å². The van der Waals surface area contributed by atoms with Crippen LogP contribution in [0.2, 0.25) is 0 Å². The molecule has 0 bridgehead atoms. The van der Waals surface area contributed by atoms with Crippen molar-refractivity contribution in [2.75, 3.05) is 18.1 Å². The van der Waals surface area contributed by atoms with Gasteiger partial charge in [-0.2, -0.15) is 11.8 Å². The van der Waals surface area contributed by atoms with Crippen LogP contribution >= 0.6 is 11.8 Å². The third kappa shape index (κ3) is 4.07. The molecule has 0 radical (unpaired) electrons. The van der Waals surface area contributed by atoms with Gasteiger partial charge in [-0.1, -0.05) is 6.58 Å². The summed E-state index contributed by atoms with van der Waals surface area (Å²) >= 11 is 1.67. The third-order valence-corrected chi connectivity index (χ3v) is 3.31. The first-order valence-electron chi connectivity index (χ1n) is 5.59. The Kier molecular flexibility index (Phi) is 4.62. The summed E-state index contributed by atoms with van der Waals surface area (Å²) in [4.78, 5) is 25.1. The fourth-order valence-corrected chi connectivity index (χ4v) is 2.57. The van der Waals surface area contributed by atoms with Crippen LogP contribution < -0.4 is 0 Å². The van der Waals surface area contributed by atoms with Crippen molar-refractivity contribution in [3.63, 3.8) is 0 Å². The summed E-state index contributed by atoms with van der Waals surface area (Å²) in [6.07, 6.45) is 0.853. The van der Waals surface area contributed by atoms with Gasteiger partial charge in [0, 0.05) is 18.1 Å². The van der Waals surface area contributed by atoms with Crippen LogP contribution in [0.5, 0.6) is 0 Å². The van der Waals surface area contributed by atoms with E-state index in [1.54, 1.807) is 11.8 Å². The topological polar surface area (TPSA) is 46.6 Å². The average molecular weight is 257 g/mol. The minimum atomic E-state index is -0.538. The fraction of sp³-hybridized carbons (Fsp3) is 0.667. The van der Waals surface area contributed by atoms with Crippen molar-refractivity contribution in [3.05, 3.63) is 12.7 Å². The summed E-state index contributed by atoms with van der Waals surface area (Å²) in [6, 6.07) is -0.430. The minimum absolute atomic E-state index is 0.122. The summed E-state index contributed by atoms with van der Waals surface area (Å²) in [5, 5.41) is 0. The van der Waals surface area contributed by atoms with Crippen LogP contribution in [0, 0.1) is 0 Å². The molecule has 0 saturated carbocycles. The van der Waals surface area contributed by atoms with E-state index in [1.807, 2.05) is 20.8 Å². The molecule has 0 aliphatic carbocycles. The van der Waals surface area contributed by atoms with Crippen LogP contribution in [-0.4, -0.2) is 46.5 Å². The molecule has 4 nitrogen and oxygen atoms in total. The van der Waals surface area contributed by atoms with E-state index in [2.05, 4.69) is 6.58 Å². The molecule has 0 aromatic carbocycles. The van der Waals surface area contributed by atoms with Gasteiger partial charge in [-0.05, 0) is 26.8 Å². The minimum Gasteiger partial charge on any atom is -0.444 e. The number of thioether (sulfide) groups is 1. The van der Waals surface area contributed by atoms with E-state index in [9.17, 15) is 9.59 Å². The third-order valence-electron chi connectivity index (χ3n) is 2.29. The number of ketones is 1. The fourth-order valence-electron chi connectivity index (χ4n) is 1.51. The van der Waals surface area contributed by atoms with Gasteiger partial charge >= 0.3 is 6.09 Å². The first-order valence-corrected chi connectivity index (χ1v) is 6.74. The summed E-state index contributed by atoms with van der Waals surface area (Å²) in [7, 11) is 0. The van der Waals surface area contributed by atoms with E-state index in [4.69, 9.17) is 4.74 Å².